The van der Waals surface area contributed by atoms with Crippen LogP contribution in [-0.4, -0.2) is 47.2 Å². The van der Waals surface area contributed by atoms with Gasteiger partial charge >= 0.3 is 0 Å². The van der Waals surface area contributed by atoms with Gasteiger partial charge in [-0.05, 0) is 12.5 Å². The highest BCUT2D eigenvalue weighted by molar-refractivity contribution is 7.17. The van der Waals surface area contributed by atoms with Gasteiger partial charge in [0.05, 0.1) is 13.2 Å². The number of carbonyl (C=O) groups is 1. The molecule has 0 bridgehead atoms. The lowest BCUT2D eigenvalue weighted by atomic mass is 10.1. The highest BCUT2D eigenvalue weighted by Gasteiger charge is 2.25. The summed E-state index contributed by atoms with van der Waals surface area (Å²) in [6.07, 6.45) is 0. The number of aromatic nitrogens is 1. The van der Waals surface area contributed by atoms with Crippen LogP contribution in [0.3, 0.4) is 0 Å². The molecule has 6 heteroatoms. The number of aryl methyl sites for hydroxylation is 1. The lowest BCUT2D eigenvalue weighted by molar-refractivity contribution is 0.0304. The zero-order valence-corrected chi connectivity index (χ0v) is 14.5. The van der Waals surface area contributed by atoms with E-state index in [-0.39, 0.29) is 11.8 Å². The van der Waals surface area contributed by atoms with Crippen molar-refractivity contribution in [1.29, 1.82) is 0 Å². The van der Waals surface area contributed by atoms with Gasteiger partial charge in [-0.2, -0.15) is 0 Å². The Morgan fingerprint density at radius 1 is 1.26 bits per heavy atom. The number of rotatable bonds is 2. The third-order valence-corrected chi connectivity index (χ3v) is 4.54. The minimum absolute atomic E-state index is 0.173. The van der Waals surface area contributed by atoms with Gasteiger partial charge < -0.3 is 14.7 Å². The van der Waals surface area contributed by atoms with Gasteiger partial charge in [0.1, 0.15) is 5.01 Å². The van der Waals surface area contributed by atoms with E-state index >= 15 is 0 Å². The van der Waals surface area contributed by atoms with E-state index in [0.717, 1.165) is 11.1 Å². The fourth-order valence-corrected chi connectivity index (χ4v) is 3.31. The molecule has 0 saturated carbocycles. The first-order chi connectivity index (χ1) is 11.2. The molecule has 0 unspecified atom stereocenters. The Morgan fingerprint density at radius 2 is 1.91 bits per heavy atom. The number of benzene rings is 1. The number of carbonyl (C=O) groups excluding carboxylic acids is 1. The zero-order valence-electron chi connectivity index (χ0n) is 13.7. The summed E-state index contributed by atoms with van der Waals surface area (Å²) in [6.45, 7) is 8.16. The first kappa shape index (κ1) is 17.4. The number of ether oxygens (including phenoxy) is 1. The number of hydrogen-bond acceptors (Lipinski definition) is 5. The van der Waals surface area contributed by atoms with E-state index in [1.54, 1.807) is 4.90 Å². The maximum absolute atomic E-state index is 12.4. The van der Waals surface area contributed by atoms with E-state index in [1.165, 1.54) is 11.3 Å². The van der Waals surface area contributed by atoms with Crippen molar-refractivity contribution >= 4 is 17.2 Å². The summed E-state index contributed by atoms with van der Waals surface area (Å²) in [5, 5.41) is 10.7. The van der Waals surface area contributed by atoms with Gasteiger partial charge in [-0.15, -0.1) is 11.3 Å². The second kappa shape index (κ2) is 8.08. The SMILES string of the molecule is CC.Cc1ccccc1-c1nc(O)c(C(=O)N2CCOCC2)s1. The summed E-state index contributed by atoms with van der Waals surface area (Å²) in [4.78, 5) is 18.6. The molecule has 1 aliphatic rings. The molecule has 0 radical (unpaired) electrons. The van der Waals surface area contributed by atoms with Crippen LogP contribution in [0.2, 0.25) is 0 Å². The lowest BCUT2D eigenvalue weighted by Crippen LogP contribution is -2.40. The number of thiazole rings is 1. The topological polar surface area (TPSA) is 62.7 Å². The highest BCUT2D eigenvalue weighted by atomic mass is 32.1. The van der Waals surface area contributed by atoms with Gasteiger partial charge in [-0.25, -0.2) is 4.98 Å². The number of hydrogen-bond donors (Lipinski definition) is 1. The third kappa shape index (κ3) is 3.89. The van der Waals surface area contributed by atoms with Crippen molar-refractivity contribution in [1.82, 2.24) is 9.88 Å². The summed E-state index contributed by atoms with van der Waals surface area (Å²) in [5.74, 6) is -0.358. The number of amides is 1. The van der Waals surface area contributed by atoms with Gasteiger partial charge in [0.15, 0.2) is 4.88 Å². The summed E-state index contributed by atoms with van der Waals surface area (Å²) in [5.41, 5.74) is 2.01. The molecule has 0 atom stereocenters. The van der Waals surface area contributed by atoms with E-state index in [0.29, 0.717) is 36.2 Å². The van der Waals surface area contributed by atoms with Crippen molar-refractivity contribution in [2.24, 2.45) is 0 Å². The van der Waals surface area contributed by atoms with Gasteiger partial charge in [0.2, 0.25) is 5.88 Å². The molecule has 124 valence electrons. The summed E-state index contributed by atoms with van der Waals surface area (Å²) in [7, 11) is 0. The van der Waals surface area contributed by atoms with Crippen molar-refractivity contribution in [2.75, 3.05) is 26.3 Å². The van der Waals surface area contributed by atoms with Gasteiger partial charge in [-0.1, -0.05) is 38.1 Å². The number of aromatic hydroxyl groups is 1. The van der Waals surface area contributed by atoms with Gasteiger partial charge in [0, 0.05) is 18.7 Å². The van der Waals surface area contributed by atoms with Crippen LogP contribution in [0.4, 0.5) is 0 Å². The molecule has 2 heterocycles. The van der Waals surface area contributed by atoms with Crippen LogP contribution in [0.5, 0.6) is 5.88 Å². The van der Waals surface area contributed by atoms with Crippen LogP contribution in [0.25, 0.3) is 10.6 Å². The molecule has 1 aromatic heterocycles. The molecular formula is C17H22N2O3S. The summed E-state index contributed by atoms with van der Waals surface area (Å²) >= 11 is 1.24. The molecule has 0 spiro atoms. The molecule has 1 aliphatic heterocycles. The van der Waals surface area contributed by atoms with Crippen LogP contribution in [0.15, 0.2) is 24.3 Å². The monoisotopic (exact) mass is 334 g/mol. The maximum atomic E-state index is 12.4. The second-order valence-electron chi connectivity index (χ2n) is 4.89. The lowest BCUT2D eigenvalue weighted by Gasteiger charge is -2.26. The van der Waals surface area contributed by atoms with E-state index in [4.69, 9.17) is 4.74 Å². The second-order valence-corrected chi connectivity index (χ2v) is 5.89. The van der Waals surface area contributed by atoms with Gasteiger partial charge in [-0.3, -0.25) is 4.79 Å². The van der Waals surface area contributed by atoms with Crippen LogP contribution in [0.1, 0.15) is 29.1 Å². The van der Waals surface area contributed by atoms with Crippen molar-refractivity contribution in [2.45, 2.75) is 20.8 Å². The van der Waals surface area contributed by atoms with Crippen molar-refractivity contribution < 1.29 is 14.6 Å². The quantitative estimate of drug-likeness (QED) is 0.915. The van der Waals surface area contributed by atoms with E-state index in [2.05, 4.69) is 4.98 Å². The van der Waals surface area contributed by atoms with Crippen molar-refractivity contribution in [3.05, 3.63) is 34.7 Å². The molecule has 1 N–H and O–H groups in total. The molecule has 1 aromatic carbocycles. The number of morpholine rings is 1. The Labute approximate surface area is 140 Å². The molecule has 1 fully saturated rings. The Kier molecular flexibility index (Phi) is 6.12. The van der Waals surface area contributed by atoms with E-state index < -0.39 is 0 Å². The zero-order chi connectivity index (χ0) is 16.8. The fourth-order valence-electron chi connectivity index (χ4n) is 2.29. The van der Waals surface area contributed by atoms with Crippen molar-refractivity contribution in [3.63, 3.8) is 0 Å². The molecule has 2 aromatic rings. The molecule has 5 nitrogen and oxygen atoms in total. The maximum Gasteiger partial charge on any atom is 0.269 e. The van der Waals surface area contributed by atoms with Crippen molar-refractivity contribution in [3.8, 4) is 16.5 Å². The van der Waals surface area contributed by atoms with E-state index in [9.17, 15) is 9.90 Å². The third-order valence-electron chi connectivity index (χ3n) is 3.48. The van der Waals surface area contributed by atoms with E-state index in [1.807, 2.05) is 45.0 Å². The summed E-state index contributed by atoms with van der Waals surface area (Å²) in [6, 6.07) is 7.80. The average molecular weight is 334 g/mol. The molecule has 23 heavy (non-hydrogen) atoms. The Bertz CT molecular complexity index is 664. The van der Waals surface area contributed by atoms with Gasteiger partial charge in [0.25, 0.3) is 5.91 Å². The Morgan fingerprint density at radius 3 is 2.57 bits per heavy atom. The summed E-state index contributed by atoms with van der Waals surface area (Å²) < 4.78 is 5.24. The molecule has 1 amide bonds. The normalized spacial score (nSPS) is 14.1. The standard InChI is InChI=1S/C15H16N2O3S.C2H6/c1-10-4-2-3-5-11(10)14-16-13(18)12(21-14)15(19)17-6-8-20-9-7-17;1-2/h2-5,18H,6-9H2,1H3;1-2H3. The Balaban J connectivity index is 0.000000924. The van der Waals surface area contributed by atoms with Crippen LogP contribution < -0.4 is 0 Å². The molecule has 3 rings (SSSR count). The highest BCUT2D eigenvalue weighted by Crippen LogP contribution is 2.34. The molecule has 1 saturated heterocycles. The first-order valence-electron chi connectivity index (χ1n) is 7.79. The van der Waals surface area contributed by atoms with Crippen LogP contribution in [-0.2, 0) is 4.74 Å². The fraction of sp³-hybridized carbons (Fsp3) is 0.412. The largest absolute Gasteiger partial charge is 0.492 e. The van der Waals surface area contributed by atoms with Crippen LogP contribution in [0, 0.1) is 6.92 Å². The minimum Gasteiger partial charge on any atom is -0.492 e. The first-order valence-corrected chi connectivity index (χ1v) is 8.61. The smallest absolute Gasteiger partial charge is 0.269 e. The molecule has 0 aliphatic carbocycles. The number of nitrogens with zero attached hydrogens (tertiary/aromatic N) is 2. The Hall–Kier alpha value is -1.92. The average Bonchev–Trinajstić information content (AvgIpc) is 2.99. The minimum atomic E-state index is -0.185. The predicted molar refractivity (Wildman–Crippen MR) is 92.0 cm³/mol. The van der Waals surface area contributed by atoms with Crippen LogP contribution >= 0.6 is 11.3 Å². The predicted octanol–water partition coefficient (Wildman–Crippen LogP) is 3.32. The molecular weight excluding hydrogens is 312 g/mol.